The SMILES string of the molecule is CC#Cc1ccc(N2C[C@H](C[C@](C)(C(=O)NO)S(C)(=O)=O)OC2=O)nc1. The van der Waals surface area contributed by atoms with Gasteiger partial charge in [0.15, 0.2) is 14.6 Å². The number of nitrogens with zero attached hydrogens (tertiary/aromatic N) is 2. The summed E-state index contributed by atoms with van der Waals surface area (Å²) in [6.07, 6.45) is 0.520. The smallest absolute Gasteiger partial charge is 0.415 e. The van der Waals surface area contributed by atoms with E-state index in [0.717, 1.165) is 6.26 Å². The maximum atomic E-state index is 12.1. The monoisotopic (exact) mass is 381 g/mol. The minimum atomic E-state index is -3.89. The number of sulfone groups is 1. The van der Waals surface area contributed by atoms with Gasteiger partial charge in [-0.3, -0.25) is 14.9 Å². The first kappa shape index (κ1) is 19.7. The van der Waals surface area contributed by atoms with E-state index >= 15 is 0 Å². The van der Waals surface area contributed by atoms with Crippen LogP contribution in [0, 0.1) is 11.8 Å². The summed E-state index contributed by atoms with van der Waals surface area (Å²) in [5.74, 6) is 4.80. The normalized spacial score (nSPS) is 19.2. The van der Waals surface area contributed by atoms with E-state index in [1.54, 1.807) is 19.1 Å². The minimum Gasteiger partial charge on any atom is -0.444 e. The number of rotatable bonds is 5. The standard InChI is InChI=1S/C16H19N3O6S/c1-4-5-11-6-7-13(17-9-11)19-10-12(25-15(19)21)8-16(2,14(20)18-22)26(3,23)24/h6-7,9,12,22H,8,10H2,1-3H3,(H,18,20)/t12-,16+/m0/s1. The molecular weight excluding hydrogens is 362 g/mol. The molecule has 0 bridgehead atoms. The lowest BCUT2D eigenvalue weighted by molar-refractivity contribution is -0.132. The van der Waals surface area contributed by atoms with Gasteiger partial charge in [0.2, 0.25) is 0 Å². The molecule has 26 heavy (non-hydrogen) atoms. The fraction of sp³-hybridized carbons (Fsp3) is 0.438. The van der Waals surface area contributed by atoms with Crippen LogP contribution in [0.2, 0.25) is 0 Å². The Morgan fingerprint density at radius 2 is 2.23 bits per heavy atom. The molecule has 0 aliphatic carbocycles. The van der Waals surface area contributed by atoms with Crippen molar-refractivity contribution in [1.82, 2.24) is 10.5 Å². The van der Waals surface area contributed by atoms with Crippen molar-refractivity contribution in [3.05, 3.63) is 23.9 Å². The van der Waals surface area contributed by atoms with Crippen LogP contribution in [0.25, 0.3) is 0 Å². The zero-order valence-corrected chi connectivity index (χ0v) is 15.3. The quantitative estimate of drug-likeness (QED) is 0.431. The number of hydrogen-bond donors (Lipinski definition) is 2. The second kappa shape index (κ2) is 7.31. The van der Waals surface area contributed by atoms with Gasteiger partial charge in [0.05, 0.1) is 6.54 Å². The molecular formula is C16H19N3O6S. The van der Waals surface area contributed by atoms with Crippen molar-refractivity contribution in [2.45, 2.75) is 31.1 Å². The van der Waals surface area contributed by atoms with Crippen LogP contribution in [0.3, 0.4) is 0 Å². The van der Waals surface area contributed by atoms with Crippen LogP contribution in [-0.4, -0.2) is 54.3 Å². The Morgan fingerprint density at radius 1 is 1.54 bits per heavy atom. The van der Waals surface area contributed by atoms with Crippen LogP contribution in [-0.2, 0) is 19.4 Å². The Labute approximate surface area is 151 Å². The summed E-state index contributed by atoms with van der Waals surface area (Å²) in [6.45, 7) is 2.88. The summed E-state index contributed by atoms with van der Waals surface area (Å²) in [5, 5.41) is 8.86. The molecule has 1 fully saturated rings. The molecule has 0 unspecified atom stereocenters. The van der Waals surface area contributed by atoms with E-state index in [9.17, 15) is 18.0 Å². The highest BCUT2D eigenvalue weighted by Crippen LogP contribution is 2.29. The summed E-state index contributed by atoms with van der Waals surface area (Å²) in [7, 11) is -3.89. The van der Waals surface area contributed by atoms with Crippen LogP contribution in [0.15, 0.2) is 18.3 Å². The number of hydrogen-bond acceptors (Lipinski definition) is 7. The second-order valence-corrected chi connectivity index (χ2v) is 8.49. The lowest BCUT2D eigenvalue weighted by atomic mass is 10.0. The first-order valence-corrected chi connectivity index (χ1v) is 9.52. The van der Waals surface area contributed by atoms with E-state index in [4.69, 9.17) is 9.94 Å². The van der Waals surface area contributed by atoms with E-state index in [1.807, 2.05) is 0 Å². The molecule has 140 valence electrons. The molecule has 2 N–H and O–H groups in total. The molecule has 1 aliphatic rings. The largest absolute Gasteiger partial charge is 0.444 e. The average molecular weight is 381 g/mol. The predicted molar refractivity (Wildman–Crippen MR) is 92.2 cm³/mol. The van der Waals surface area contributed by atoms with Gasteiger partial charge in [0.25, 0.3) is 5.91 Å². The molecule has 2 rings (SSSR count). The summed E-state index contributed by atoms with van der Waals surface area (Å²) in [6, 6.07) is 3.29. The lowest BCUT2D eigenvalue weighted by Gasteiger charge is -2.26. The van der Waals surface area contributed by atoms with Crippen molar-refractivity contribution in [3.63, 3.8) is 0 Å². The number of aromatic nitrogens is 1. The van der Waals surface area contributed by atoms with Gasteiger partial charge in [-0.05, 0) is 26.0 Å². The van der Waals surface area contributed by atoms with E-state index in [0.29, 0.717) is 11.4 Å². The Balaban J connectivity index is 2.20. The third-order valence-corrected chi connectivity index (χ3v) is 6.17. The molecule has 0 radical (unpaired) electrons. The molecule has 1 aromatic rings. The molecule has 2 amide bonds. The summed E-state index contributed by atoms with van der Waals surface area (Å²) >= 11 is 0. The van der Waals surface area contributed by atoms with E-state index in [2.05, 4.69) is 16.8 Å². The zero-order chi connectivity index (χ0) is 19.5. The highest BCUT2D eigenvalue weighted by molar-refractivity contribution is 7.92. The molecule has 9 nitrogen and oxygen atoms in total. The van der Waals surface area contributed by atoms with Crippen LogP contribution in [0.5, 0.6) is 0 Å². The van der Waals surface area contributed by atoms with Gasteiger partial charge in [-0.1, -0.05) is 5.92 Å². The molecule has 2 atom stereocenters. The van der Waals surface area contributed by atoms with Gasteiger partial charge in [-0.25, -0.2) is 23.7 Å². The van der Waals surface area contributed by atoms with E-state index < -0.39 is 32.7 Å². The van der Waals surface area contributed by atoms with Crippen molar-refractivity contribution in [1.29, 1.82) is 0 Å². The first-order valence-electron chi connectivity index (χ1n) is 7.63. The summed E-state index contributed by atoms with van der Waals surface area (Å²) in [5.41, 5.74) is 2.05. The zero-order valence-electron chi connectivity index (χ0n) is 14.5. The molecule has 0 aromatic carbocycles. The Bertz CT molecular complexity index is 871. The van der Waals surface area contributed by atoms with Gasteiger partial charge in [0.1, 0.15) is 11.9 Å². The average Bonchev–Trinajstić information content (AvgIpc) is 2.94. The fourth-order valence-corrected chi connectivity index (χ4v) is 3.42. The lowest BCUT2D eigenvalue weighted by Crippen LogP contribution is -2.51. The maximum absolute atomic E-state index is 12.1. The molecule has 1 aliphatic heterocycles. The number of amides is 2. The number of nitrogens with one attached hydrogen (secondary N) is 1. The number of hydroxylamine groups is 1. The summed E-state index contributed by atoms with van der Waals surface area (Å²) in [4.78, 5) is 29.4. The maximum Gasteiger partial charge on any atom is 0.415 e. The van der Waals surface area contributed by atoms with Gasteiger partial charge in [0, 0.05) is 24.4 Å². The Kier molecular flexibility index (Phi) is 5.53. The second-order valence-electron chi connectivity index (χ2n) is 6.04. The van der Waals surface area contributed by atoms with Crippen molar-refractivity contribution in [2.24, 2.45) is 0 Å². The van der Waals surface area contributed by atoms with Crippen LogP contribution in [0.1, 0.15) is 25.8 Å². The third-order valence-electron chi connectivity index (χ3n) is 4.19. The molecule has 1 saturated heterocycles. The topological polar surface area (TPSA) is 126 Å². The van der Waals surface area contributed by atoms with Crippen LogP contribution >= 0.6 is 0 Å². The number of carbonyl (C=O) groups excluding carboxylic acids is 2. The number of carbonyl (C=O) groups is 2. The number of cyclic esters (lactones) is 1. The molecule has 2 heterocycles. The van der Waals surface area contributed by atoms with E-state index in [-0.39, 0.29) is 13.0 Å². The van der Waals surface area contributed by atoms with Gasteiger partial charge in [-0.15, -0.1) is 5.92 Å². The van der Waals surface area contributed by atoms with E-state index in [1.165, 1.54) is 23.5 Å². The van der Waals surface area contributed by atoms with Crippen molar-refractivity contribution < 1.29 is 28.0 Å². The Hall–Kier alpha value is -2.64. The van der Waals surface area contributed by atoms with Gasteiger partial charge >= 0.3 is 6.09 Å². The van der Waals surface area contributed by atoms with Crippen molar-refractivity contribution >= 4 is 27.7 Å². The van der Waals surface area contributed by atoms with Crippen LogP contribution < -0.4 is 10.4 Å². The molecule has 10 heteroatoms. The van der Waals surface area contributed by atoms with Gasteiger partial charge < -0.3 is 4.74 Å². The third kappa shape index (κ3) is 3.79. The molecule has 0 saturated carbocycles. The van der Waals surface area contributed by atoms with Gasteiger partial charge in [-0.2, -0.15) is 0 Å². The fourth-order valence-electron chi connectivity index (χ4n) is 2.54. The van der Waals surface area contributed by atoms with Crippen LogP contribution in [0.4, 0.5) is 10.6 Å². The number of ether oxygens (including phenoxy) is 1. The molecule has 0 spiro atoms. The van der Waals surface area contributed by atoms with Crippen molar-refractivity contribution in [3.8, 4) is 11.8 Å². The highest BCUT2D eigenvalue weighted by Gasteiger charge is 2.48. The molecule has 1 aromatic heterocycles. The Morgan fingerprint density at radius 3 is 2.73 bits per heavy atom. The number of anilines is 1. The highest BCUT2D eigenvalue weighted by atomic mass is 32.2. The first-order chi connectivity index (χ1) is 12.1. The summed E-state index contributed by atoms with van der Waals surface area (Å²) < 4.78 is 27.3. The predicted octanol–water partition coefficient (Wildman–Crippen LogP) is 0.477. The number of pyridine rings is 1. The van der Waals surface area contributed by atoms with Crippen molar-refractivity contribution in [2.75, 3.05) is 17.7 Å². The minimum absolute atomic E-state index is 0.0223.